The molecule has 0 aliphatic rings. The molecule has 0 fully saturated rings. The van der Waals surface area contributed by atoms with Crippen LogP contribution in [0.1, 0.15) is 5.56 Å². The number of amides is 2. The van der Waals surface area contributed by atoms with Gasteiger partial charge >= 0.3 is 6.03 Å². The van der Waals surface area contributed by atoms with Crippen LogP contribution in [0.4, 0.5) is 21.9 Å². The van der Waals surface area contributed by atoms with Crippen molar-refractivity contribution < 1.29 is 4.79 Å². The third-order valence-corrected chi connectivity index (χ3v) is 3.27. The van der Waals surface area contributed by atoms with Crippen molar-refractivity contribution in [1.82, 2.24) is 0 Å². The average molecular weight is 320 g/mol. The van der Waals surface area contributed by atoms with Gasteiger partial charge in [-0.1, -0.05) is 18.2 Å². The minimum Gasteiger partial charge on any atom is -0.397 e. The molecule has 0 heterocycles. The Morgan fingerprint density at radius 1 is 1.11 bits per heavy atom. The molecule has 0 aromatic heterocycles. The molecule has 0 atom stereocenters. The summed E-state index contributed by atoms with van der Waals surface area (Å²) in [5, 5.41) is 5.48. The Balaban J connectivity index is 2.10. The van der Waals surface area contributed by atoms with Gasteiger partial charge in [0.25, 0.3) is 0 Å². The van der Waals surface area contributed by atoms with Gasteiger partial charge in [0.2, 0.25) is 0 Å². The van der Waals surface area contributed by atoms with Gasteiger partial charge in [-0.3, -0.25) is 0 Å². The van der Waals surface area contributed by atoms with Crippen LogP contribution in [0.2, 0.25) is 0 Å². The summed E-state index contributed by atoms with van der Waals surface area (Å²) in [5.41, 5.74) is 8.68. The van der Waals surface area contributed by atoms with E-state index in [9.17, 15) is 4.79 Å². The van der Waals surface area contributed by atoms with Crippen molar-refractivity contribution in [2.45, 2.75) is 6.92 Å². The maximum Gasteiger partial charge on any atom is 0.323 e. The van der Waals surface area contributed by atoms with E-state index in [1.54, 1.807) is 6.07 Å². The van der Waals surface area contributed by atoms with Crippen LogP contribution in [0.15, 0.2) is 46.9 Å². The first kappa shape index (κ1) is 13.4. The molecule has 0 saturated heterocycles. The molecule has 2 aromatic rings. The number of rotatable bonds is 2. The summed E-state index contributed by atoms with van der Waals surface area (Å²) in [6, 6.07) is 12.6. The summed E-state index contributed by atoms with van der Waals surface area (Å²) in [7, 11) is 0. The normalized spacial score (nSPS) is 10.0. The lowest BCUT2D eigenvalue weighted by atomic mass is 10.2. The quantitative estimate of drug-likeness (QED) is 0.733. The highest BCUT2D eigenvalue weighted by Crippen LogP contribution is 2.23. The summed E-state index contributed by atoms with van der Waals surface area (Å²) < 4.78 is 0.822. The first-order valence-electron chi connectivity index (χ1n) is 5.75. The Kier molecular flexibility index (Phi) is 4.06. The van der Waals surface area contributed by atoms with E-state index in [1.165, 1.54) is 0 Å². The van der Waals surface area contributed by atoms with Crippen molar-refractivity contribution in [2.75, 3.05) is 16.4 Å². The Morgan fingerprint density at radius 3 is 2.53 bits per heavy atom. The minimum absolute atomic E-state index is 0.329. The summed E-state index contributed by atoms with van der Waals surface area (Å²) in [4.78, 5) is 11.9. The zero-order chi connectivity index (χ0) is 13.8. The summed E-state index contributed by atoms with van der Waals surface area (Å²) >= 11 is 3.37. The molecule has 2 rings (SSSR count). The Labute approximate surface area is 120 Å². The molecule has 0 saturated carbocycles. The topological polar surface area (TPSA) is 67.1 Å². The van der Waals surface area contributed by atoms with Crippen molar-refractivity contribution in [3.63, 3.8) is 0 Å². The number of aryl methyl sites for hydroxylation is 1. The molecule has 0 aliphatic carbocycles. The standard InChI is InChI=1S/C14H14BrN3O/c1-9-6-7-11(16)13(8-9)18-14(19)17-12-5-3-2-4-10(12)15/h2-8H,16H2,1H3,(H2,17,18,19). The summed E-state index contributed by atoms with van der Waals surface area (Å²) in [5.74, 6) is 0. The lowest BCUT2D eigenvalue weighted by Crippen LogP contribution is -2.20. The molecule has 2 amide bonds. The number of nitrogens with one attached hydrogen (secondary N) is 2. The van der Waals surface area contributed by atoms with E-state index in [0.29, 0.717) is 17.1 Å². The van der Waals surface area contributed by atoms with Gasteiger partial charge in [-0.05, 0) is 52.7 Å². The number of nitrogen functional groups attached to an aromatic ring is 1. The number of carbonyl (C=O) groups excluding carboxylic acids is 1. The zero-order valence-corrected chi connectivity index (χ0v) is 12.0. The van der Waals surface area contributed by atoms with Crippen molar-refractivity contribution in [1.29, 1.82) is 0 Å². The van der Waals surface area contributed by atoms with Gasteiger partial charge in [-0.2, -0.15) is 0 Å². The molecule has 4 nitrogen and oxygen atoms in total. The van der Waals surface area contributed by atoms with E-state index >= 15 is 0 Å². The fourth-order valence-electron chi connectivity index (χ4n) is 1.62. The van der Waals surface area contributed by atoms with Gasteiger partial charge in [0.15, 0.2) is 0 Å². The number of hydrogen-bond acceptors (Lipinski definition) is 2. The number of benzene rings is 2. The van der Waals surface area contributed by atoms with Gasteiger partial charge in [-0.25, -0.2) is 4.79 Å². The molecule has 4 N–H and O–H groups in total. The first-order valence-corrected chi connectivity index (χ1v) is 6.54. The van der Waals surface area contributed by atoms with E-state index in [0.717, 1.165) is 10.0 Å². The molecule has 19 heavy (non-hydrogen) atoms. The van der Waals surface area contributed by atoms with Gasteiger partial charge in [0.1, 0.15) is 0 Å². The SMILES string of the molecule is Cc1ccc(N)c(NC(=O)Nc2ccccc2Br)c1. The highest BCUT2D eigenvalue weighted by molar-refractivity contribution is 9.10. The van der Waals surface area contributed by atoms with Crippen LogP contribution >= 0.6 is 15.9 Å². The highest BCUT2D eigenvalue weighted by Gasteiger charge is 2.07. The highest BCUT2D eigenvalue weighted by atomic mass is 79.9. The van der Waals surface area contributed by atoms with Crippen LogP contribution in [-0.2, 0) is 0 Å². The fourth-order valence-corrected chi connectivity index (χ4v) is 2.00. The summed E-state index contributed by atoms with van der Waals surface area (Å²) in [6.45, 7) is 1.94. The number of urea groups is 1. The number of para-hydroxylation sites is 1. The molecule has 0 bridgehead atoms. The van der Waals surface area contributed by atoms with Crippen molar-refractivity contribution >= 4 is 39.0 Å². The number of halogens is 1. The van der Waals surface area contributed by atoms with E-state index < -0.39 is 0 Å². The molecular weight excluding hydrogens is 306 g/mol. The number of nitrogens with two attached hydrogens (primary N) is 1. The third kappa shape index (κ3) is 3.48. The Hall–Kier alpha value is -2.01. The molecule has 0 radical (unpaired) electrons. The predicted molar refractivity (Wildman–Crippen MR) is 82.4 cm³/mol. The van der Waals surface area contributed by atoms with Crippen LogP contribution in [0.3, 0.4) is 0 Å². The molecule has 2 aromatic carbocycles. The summed E-state index contributed by atoms with van der Waals surface area (Å²) in [6.07, 6.45) is 0. The fraction of sp³-hybridized carbons (Fsp3) is 0.0714. The van der Waals surface area contributed by atoms with E-state index in [1.807, 2.05) is 43.3 Å². The second-order valence-electron chi connectivity index (χ2n) is 4.15. The van der Waals surface area contributed by atoms with Gasteiger partial charge < -0.3 is 16.4 Å². The molecule has 5 heteroatoms. The van der Waals surface area contributed by atoms with E-state index in [-0.39, 0.29) is 6.03 Å². The smallest absolute Gasteiger partial charge is 0.323 e. The van der Waals surface area contributed by atoms with Gasteiger partial charge in [0, 0.05) is 4.47 Å². The van der Waals surface area contributed by atoms with Gasteiger partial charge in [0.05, 0.1) is 17.1 Å². The average Bonchev–Trinajstić information content (AvgIpc) is 2.37. The Bertz CT molecular complexity index is 613. The molecule has 0 aliphatic heterocycles. The van der Waals surface area contributed by atoms with Crippen molar-refractivity contribution in [3.8, 4) is 0 Å². The van der Waals surface area contributed by atoms with Crippen LogP contribution < -0.4 is 16.4 Å². The van der Waals surface area contributed by atoms with Crippen molar-refractivity contribution in [2.24, 2.45) is 0 Å². The predicted octanol–water partition coefficient (Wildman–Crippen LogP) is 3.98. The molecule has 0 spiro atoms. The largest absolute Gasteiger partial charge is 0.397 e. The minimum atomic E-state index is -0.329. The monoisotopic (exact) mass is 319 g/mol. The maximum atomic E-state index is 11.9. The van der Waals surface area contributed by atoms with Crippen LogP contribution in [0.25, 0.3) is 0 Å². The van der Waals surface area contributed by atoms with Crippen LogP contribution in [-0.4, -0.2) is 6.03 Å². The number of anilines is 3. The maximum absolute atomic E-state index is 11.9. The lowest BCUT2D eigenvalue weighted by molar-refractivity contribution is 0.262. The van der Waals surface area contributed by atoms with E-state index in [4.69, 9.17) is 5.73 Å². The molecule has 0 unspecified atom stereocenters. The number of hydrogen-bond donors (Lipinski definition) is 3. The molecular formula is C14H14BrN3O. The van der Waals surface area contributed by atoms with Crippen LogP contribution in [0, 0.1) is 6.92 Å². The first-order chi connectivity index (χ1) is 9.06. The van der Waals surface area contributed by atoms with Crippen molar-refractivity contribution in [3.05, 3.63) is 52.5 Å². The number of carbonyl (C=O) groups is 1. The second kappa shape index (κ2) is 5.75. The van der Waals surface area contributed by atoms with Gasteiger partial charge in [-0.15, -0.1) is 0 Å². The third-order valence-electron chi connectivity index (χ3n) is 2.58. The zero-order valence-electron chi connectivity index (χ0n) is 10.4. The Morgan fingerprint density at radius 2 is 1.79 bits per heavy atom. The second-order valence-corrected chi connectivity index (χ2v) is 5.00. The van der Waals surface area contributed by atoms with E-state index in [2.05, 4.69) is 26.6 Å². The molecule has 98 valence electrons. The lowest BCUT2D eigenvalue weighted by Gasteiger charge is -2.11. The van der Waals surface area contributed by atoms with Crippen LogP contribution in [0.5, 0.6) is 0 Å².